The maximum Gasteiger partial charge on any atom is 0.254 e. The molecule has 0 aromatic carbocycles. The monoisotopic (exact) mass is 330 g/mol. The summed E-state index contributed by atoms with van der Waals surface area (Å²) in [6, 6.07) is 5.62. The number of nitrogens with zero attached hydrogens (tertiary/aromatic N) is 9. The van der Waals surface area contributed by atoms with Gasteiger partial charge in [-0.05, 0) is 12.1 Å². The van der Waals surface area contributed by atoms with Gasteiger partial charge in [0.25, 0.3) is 5.95 Å². The van der Waals surface area contributed by atoms with Crippen molar-refractivity contribution in [3.05, 3.63) is 61.1 Å². The summed E-state index contributed by atoms with van der Waals surface area (Å²) in [5, 5.41) is 20.9. The summed E-state index contributed by atoms with van der Waals surface area (Å²) in [6.45, 7) is 0. The fourth-order valence-corrected chi connectivity index (χ4v) is 2.17. The van der Waals surface area contributed by atoms with Crippen molar-refractivity contribution in [2.75, 3.05) is 5.32 Å². The normalized spacial score (nSPS) is 10.4. The van der Waals surface area contributed by atoms with Crippen molar-refractivity contribution >= 4 is 11.6 Å². The molecular formula is C15H10N10. The number of hydrogen-bond donors (Lipinski definition) is 1. The van der Waals surface area contributed by atoms with Crippen LogP contribution in [0.15, 0.2) is 55.5 Å². The second-order valence-electron chi connectivity index (χ2n) is 4.80. The Balaban J connectivity index is 1.90. The predicted octanol–water partition coefficient (Wildman–Crippen LogP) is 1.25. The van der Waals surface area contributed by atoms with Crippen molar-refractivity contribution in [3.63, 3.8) is 0 Å². The van der Waals surface area contributed by atoms with Crippen LogP contribution in [-0.2, 0) is 0 Å². The van der Waals surface area contributed by atoms with E-state index in [4.69, 9.17) is 0 Å². The lowest BCUT2D eigenvalue weighted by molar-refractivity contribution is 0.773. The van der Waals surface area contributed by atoms with E-state index in [1.807, 2.05) is 0 Å². The summed E-state index contributed by atoms with van der Waals surface area (Å²) in [7, 11) is 0. The second-order valence-corrected chi connectivity index (χ2v) is 4.80. The van der Waals surface area contributed by atoms with Gasteiger partial charge >= 0.3 is 0 Å². The summed E-state index contributed by atoms with van der Waals surface area (Å²) in [6.07, 6.45) is 11.3. The topological polar surface area (TPSA) is 123 Å². The molecule has 4 heterocycles. The smallest absolute Gasteiger partial charge is 0.254 e. The first-order valence-electron chi connectivity index (χ1n) is 7.20. The molecule has 0 amide bonds. The van der Waals surface area contributed by atoms with Gasteiger partial charge in [-0.1, -0.05) is 0 Å². The fraction of sp³-hybridized carbons (Fsp3) is 0. The van der Waals surface area contributed by atoms with Gasteiger partial charge in [-0.2, -0.15) is 25.4 Å². The number of anilines is 2. The van der Waals surface area contributed by atoms with E-state index in [0.29, 0.717) is 17.6 Å². The van der Waals surface area contributed by atoms with Crippen LogP contribution in [-0.4, -0.2) is 39.5 Å². The maximum atomic E-state index is 9.63. The Kier molecular flexibility index (Phi) is 3.57. The van der Waals surface area contributed by atoms with E-state index in [1.165, 1.54) is 15.6 Å². The summed E-state index contributed by atoms with van der Waals surface area (Å²) in [4.78, 5) is 17.0. The van der Waals surface area contributed by atoms with Gasteiger partial charge in [0.15, 0.2) is 11.6 Å². The molecule has 4 rings (SSSR count). The lowest BCUT2D eigenvalue weighted by Crippen LogP contribution is -2.12. The molecule has 0 radical (unpaired) electrons. The van der Waals surface area contributed by atoms with Crippen LogP contribution in [0.2, 0.25) is 0 Å². The first-order valence-corrected chi connectivity index (χ1v) is 7.20. The minimum absolute atomic E-state index is 0.227. The van der Waals surface area contributed by atoms with Gasteiger partial charge < -0.3 is 5.32 Å². The van der Waals surface area contributed by atoms with Gasteiger partial charge in [0.1, 0.15) is 17.5 Å². The van der Waals surface area contributed by atoms with E-state index in [-0.39, 0.29) is 11.4 Å². The largest absolute Gasteiger partial charge is 0.322 e. The van der Waals surface area contributed by atoms with Gasteiger partial charge in [-0.25, -0.2) is 14.3 Å². The summed E-state index contributed by atoms with van der Waals surface area (Å²) >= 11 is 0. The van der Waals surface area contributed by atoms with Crippen LogP contribution in [0.25, 0.3) is 11.8 Å². The molecule has 10 nitrogen and oxygen atoms in total. The molecule has 4 aromatic rings. The number of hydrogen-bond acceptors (Lipinski definition) is 8. The number of nitriles is 1. The Morgan fingerprint density at radius 1 is 0.960 bits per heavy atom. The van der Waals surface area contributed by atoms with Gasteiger partial charge in [0.05, 0.1) is 6.20 Å². The highest BCUT2D eigenvalue weighted by Crippen LogP contribution is 2.22. The van der Waals surface area contributed by atoms with E-state index >= 15 is 0 Å². The van der Waals surface area contributed by atoms with Crippen LogP contribution in [0.1, 0.15) is 5.56 Å². The quantitative estimate of drug-likeness (QED) is 0.593. The van der Waals surface area contributed by atoms with Gasteiger partial charge in [-0.3, -0.25) is 4.98 Å². The molecule has 0 bridgehead atoms. The third-order valence-corrected chi connectivity index (χ3v) is 3.23. The van der Waals surface area contributed by atoms with E-state index < -0.39 is 0 Å². The molecule has 0 aliphatic heterocycles. The molecule has 0 saturated heterocycles. The van der Waals surface area contributed by atoms with E-state index in [1.54, 1.807) is 49.3 Å². The third-order valence-electron chi connectivity index (χ3n) is 3.23. The molecule has 0 fully saturated rings. The van der Waals surface area contributed by atoms with Crippen molar-refractivity contribution in [1.29, 1.82) is 5.26 Å². The highest BCUT2D eigenvalue weighted by molar-refractivity contribution is 5.65. The molecule has 0 aliphatic carbocycles. The molecule has 0 spiro atoms. The second kappa shape index (κ2) is 6.17. The molecule has 0 saturated carbocycles. The van der Waals surface area contributed by atoms with Crippen LogP contribution in [0.4, 0.5) is 11.6 Å². The van der Waals surface area contributed by atoms with Gasteiger partial charge in [0, 0.05) is 37.2 Å². The molecule has 1 N–H and O–H groups in total. The molecule has 10 heteroatoms. The zero-order chi connectivity index (χ0) is 17.1. The molecule has 0 aliphatic rings. The predicted molar refractivity (Wildman–Crippen MR) is 86.3 cm³/mol. The van der Waals surface area contributed by atoms with Crippen LogP contribution in [0, 0.1) is 11.3 Å². The van der Waals surface area contributed by atoms with Crippen LogP contribution < -0.4 is 5.32 Å². The average Bonchev–Trinajstić information content (AvgIpc) is 3.36. The fourth-order valence-electron chi connectivity index (χ4n) is 2.17. The van der Waals surface area contributed by atoms with Crippen molar-refractivity contribution in [1.82, 2.24) is 39.5 Å². The molecule has 0 atom stereocenters. The molecule has 25 heavy (non-hydrogen) atoms. The highest BCUT2D eigenvalue weighted by Gasteiger charge is 2.18. The maximum absolute atomic E-state index is 9.63. The van der Waals surface area contributed by atoms with Crippen molar-refractivity contribution in [3.8, 4) is 17.8 Å². The van der Waals surface area contributed by atoms with Crippen LogP contribution in [0.3, 0.4) is 0 Å². The molecular weight excluding hydrogens is 320 g/mol. The molecule has 120 valence electrons. The number of nitrogens with one attached hydrogen (secondary N) is 1. The van der Waals surface area contributed by atoms with E-state index in [2.05, 4.69) is 41.5 Å². The zero-order valence-corrected chi connectivity index (χ0v) is 12.7. The van der Waals surface area contributed by atoms with Crippen molar-refractivity contribution in [2.24, 2.45) is 0 Å². The van der Waals surface area contributed by atoms with Crippen molar-refractivity contribution < 1.29 is 0 Å². The third kappa shape index (κ3) is 2.77. The summed E-state index contributed by atoms with van der Waals surface area (Å²) in [5.41, 5.74) is 0.227. The van der Waals surface area contributed by atoms with Crippen LogP contribution in [0.5, 0.6) is 0 Å². The molecule has 4 aromatic heterocycles. The Hall–Kier alpha value is -4.13. The average molecular weight is 330 g/mol. The van der Waals surface area contributed by atoms with E-state index in [9.17, 15) is 5.26 Å². The highest BCUT2D eigenvalue weighted by atomic mass is 15.4. The standard InChI is InChI=1S/C15H10N10/c16-9-11-13(21-12-10-17-5-6-18-12)22-15(25-8-2-4-20-25)23-14(11)24-7-1-3-19-24/h1-8,10H,(H,18,21,22,23). The Bertz CT molecular complexity index is 1020. The minimum Gasteiger partial charge on any atom is -0.322 e. The molecule has 0 unspecified atom stereocenters. The lowest BCUT2D eigenvalue weighted by atomic mass is 10.3. The SMILES string of the molecule is N#Cc1c(Nc2cnccn2)nc(-n2cccn2)nc1-n1cccn1. The zero-order valence-electron chi connectivity index (χ0n) is 12.7. The summed E-state index contributed by atoms with van der Waals surface area (Å²) < 4.78 is 2.99. The first-order chi connectivity index (χ1) is 12.3. The van der Waals surface area contributed by atoms with Crippen LogP contribution >= 0.6 is 0 Å². The first kappa shape index (κ1) is 14.5. The Morgan fingerprint density at radius 3 is 2.40 bits per heavy atom. The Morgan fingerprint density at radius 2 is 1.76 bits per heavy atom. The van der Waals surface area contributed by atoms with Gasteiger partial charge in [0.2, 0.25) is 0 Å². The Labute approximate surface area is 141 Å². The summed E-state index contributed by atoms with van der Waals surface area (Å²) in [5.74, 6) is 1.37. The lowest BCUT2D eigenvalue weighted by Gasteiger charge is -2.12. The number of aromatic nitrogens is 8. The minimum atomic E-state index is 0.227. The van der Waals surface area contributed by atoms with E-state index in [0.717, 1.165) is 0 Å². The number of rotatable bonds is 4. The van der Waals surface area contributed by atoms with Gasteiger partial charge in [-0.15, -0.1) is 0 Å². The van der Waals surface area contributed by atoms with Crippen molar-refractivity contribution in [2.45, 2.75) is 0 Å².